The van der Waals surface area contributed by atoms with E-state index in [0.29, 0.717) is 29.5 Å². The molecule has 1 N–H and O–H groups in total. The van der Waals surface area contributed by atoms with Crippen LogP contribution in [0.3, 0.4) is 0 Å². The van der Waals surface area contributed by atoms with E-state index in [1.54, 1.807) is 18.2 Å². The fourth-order valence-electron chi connectivity index (χ4n) is 3.35. The summed E-state index contributed by atoms with van der Waals surface area (Å²) in [6.07, 6.45) is 4.76. The number of benzene rings is 1. The van der Waals surface area contributed by atoms with E-state index in [1.807, 2.05) is 12.4 Å². The van der Waals surface area contributed by atoms with Gasteiger partial charge in [-0.25, -0.2) is 0 Å². The number of fused-ring (bicyclic) bond motifs is 1. The number of nitrogens with zero attached hydrogens (tertiary/aromatic N) is 2. The molecule has 1 aromatic heterocycles. The SMILES string of the molecule is O=C(NC[C@@H]1CCN(Cc2ccncc2)C1)c1ccc2c(c1)OCO2. The van der Waals surface area contributed by atoms with E-state index in [4.69, 9.17) is 9.47 Å². The molecule has 1 saturated heterocycles. The number of hydrogen-bond acceptors (Lipinski definition) is 5. The van der Waals surface area contributed by atoms with Crippen LogP contribution < -0.4 is 14.8 Å². The Kier molecular flexibility index (Phi) is 4.52. The monoisotopic (exact) mass is 339 g/mol. The Bertz CT molecular complexity index is 751. The van der Waals surface area contributed by atoms with Gasteiger partial charge in [0.25, 0.3) is 5.91 Å². The standard InChI is InChI=1S/C19H21N3O3/c23-19(16-1-2-17-18(9-16)25-13-24-17)21-10-15-5-8-22(12-15)11-14-3-6-20-7-4-14/h1-4,6-7,9,15H,5,8,10-13H2,(H,21,23)/t15-/m0/s1. The number of nitrogens with one attached hydrogen (secondary N) is 1. The van der Waals surface area contributed by atoms with Gasteiger partial charge in [0.05, 0.1) is 0 Å². The predicted molar refractivity (Wildman–Crippen MR) is 92.5 cm³/mol. The number of likely N-dealkylation sites (tertiary alicyclic amines) is 1. The molecule has 1 fully saturated rings. The Hall–Kier alpha value is -2.60. The van der Waals surface area contributed by atoms with Crippen molar-refractivity contribution in [1.29, 1.82) is 0 Å². The lowest BCUT2D eigenvalue weighted by atomic mass is 10.1. The van der Waals surface area contributed by atoms with Gasteiger partial charge in [-0.05, 0) is 54.8 Å². The zero-order chi connectivity index (χ0) is 17.1. The lowest BCUT2D eigenvalue weighted by Gasteiger charge is -2.16. The van der Waals surface area contributed by atoms with Gasteiger partial charge >= 0.3 is 0 Å². The summed E-state index contributed by atoms with van der Waals surface area (Å²) in [5.41, 5.74) is 1.89. The zero-order valence-electron chi connectivity index (χ0n) is 14.0. The van der Waals surface area contributed by atoms with Crippen LogP contribution in [0.2, 0.25) is 0 Å². The third kappa shape index (κ3) is 3.74. The summed E-state index contributed by atoms with van der Waals surface area (Å²) < 4.78 is 10.6. The maximum Gasteiger partial charge on any atom is 0.251 e. The molecule has 4 rings (SSSR count). The largest absolute Gasteiger partial charge is 0.454 e. The quantitative estimate of drug-likeness (QED) is 0.903. The van der Waals surface area contributed by atoms with Gasteiger partial charge in [-0.3, -0.25) is 14.7 Å². The number of rotatable bonds is 5. The number of ether oxygens (including phenoxy) is 2. The number of pyridine rings is 1. The van der Waals surface area contributed by atoms with Crippen molar-refractivity contribution in [3.63, 3.8) is 0 Å². The molecule has 25 heavy (non-hydrogen) atoms. The first-order valence-corrected chi connectivity index (χ1v) is 8.57. The van der Waals surface area contributed by atoms with Crippen molar-refractivity contribution in [3.05, 3.63) is 53.9 Å². The molecule has 0 saturated carbocycles. The Morgan fingerprint density at radius 1 is 1.20 bits per heavy atom. The maximum absolute atomic E-state index is 12.3. The van der Waals surface area contributed by atoms with Crippen molar-refractivity contribution < 1.29 is 14.3 Å². The summed E-state index contributed by atoms with van der Waals surface area (Å²) in [5.74, 6) is 1.75. The smallest absolute Gasteiger partial charge is 0.251 e. The molecule has 6 nitrogen and oxygen atoms in total. The van der Waals surface area contributed by atoms with Crippen molar-refractivity contribution in [2.45, 2.75) is 13.0 Å². The fourth-order valence-corrected chi connectivity index (χ4v) is 3.35. The van der Waals surface area contributed by atoms with Gasteiger partial charge in [-0.2, -0.15) is 0 Å². The summed E-state index contributed by atoms with van der Waals surface area (Å²) >= 11 is 0. The minimum atomic E-state index is -0.0640. The molecule has 1 aromatic carbocycles. The molecule has 1 atom stereocenters. The number of carbonyl (C=O) groups is 1. The molecule has 130 valence electrons. The Labute approximate surface area is 146 Å². The highest BCUT2D eigenvalue weighted by atomic mass is 16.7. The van der Waals surface area contributed by atoms with Gasteiger partial charge in [0, 0.05) is 37.6 Å². The predicted octanol–water partition coefficient (Wildman–Crippen LogP) is 2.06. The van der Waals surface area contributed by atoms with E-state index < -0.39 is 0 Å². The minimum absolute atomic E-state index is 0.0640. The molecule has 2 aromatic rings. The van der Waals surface area contributed by atoms with Gasteiger partial charge in [0.1, 0.15) is 0 Å². The van der Waals surface area contributed by atoms with Crippen LogP contribution >= 0.6 is 0 Å². The molecule has 3 heterocycles. The van der Waals surface area contributed by atoms with Crippen LogP contribution in [0.25, 0.3) is 0 Å². The van der Waals surface area contributed by atoms with Crippen LogP contribution in [0.4, 0.5) is 0 Å². The van der Waals surface area contributed by atoms with Crippen molar-refractivity contribution in [3.8, 4) is 11.5 Å². The lowest BCUT2D eigenvalue weighted by Crippen LogP contribution is -2.30. The molecule has 2 aliphatic rings. The third-order valence-corrected chi connectivity index (χ3v) is 4.71. The van der Waals surface area contributed by atoms with Crippen molar-refractivity contribution in [2.24, 2.45) is 5.92 Å². The van der Waals surface area contributed by atoms with E-state index in [-0.39, 0.29) is 12.7 Å². The molecule has 0 bridgehead atoms. The number of amides is 1. The molecule has 1 amide bonds. The van der Waals surface area contributed by atoms with Crippen LogP contribution in [0, 0.1) is 5.92 Å². The lowest BCUT2D eigenvalue weighted by molar-refractivity contribution is 0.0947. The third-order valence-electron chi connectivity index (χ3n) is 4.71. The van der Waals surface area contributed by atoms with Gasteiger partial charge < -0.3 is 14.8 Å². The first-order chi connectivity index (χ1) is 12.3. The fraction of sp³-hybridized carbons (Fsp3) is 0.368. The van der Waals surface area contributed by atoms with Crippen LogP contribution in [-0.2, 0) is 6.54 Å². The van der Waals surface area contributed by atoms with Crippen LogP contribution in [0.5, 0.6) is 11.5 Å². The molecular formula is C19H21N3O3. The van der Waals surface area contributed by atoms with Crippen molar-refractivity contribution in [1.82, 2.24) is 15.2 Å². The van der Waals surface area contributed by atoms with E-state index in [9.17, 15) is 4.79 Å². The molecule has 0 spiro atoms. The minimum Gasteiger partial charge on any atom is -0.454 e. The van der Waals surface area contributed by atoms with E-state index in [2.05, 4.69) is 27.3 Å². The molecule has 0 unspecified atom stereocenters. The Morgan fingerprint density at radius 2 is 2.04 bits per heavy atom. The Morgan fingerprint density at radius 3 is 2.92 bits per heavy atom. The van der Waals surface area contributed by atoms with E-state index >= 15 is 0 Å². The second kappa shape index (κ2) is 7.11. The average molecular weight is 339 g/mol. The van der Waals surface area contributed by atoms with E-state index in [1.165, 1.54) is 5.56 Å². The topological polar surface area (TPSA) is 63.7 Å². The summed E-state index contributed by atoms with van der Waals surface area (Å²) in [6, 6.07) is 9.39. The molecule has 0 radical (unpaired) electrons. The summed E-state index contributed by atoms with van der Waals surface area (Å²) in [6.45, 7) is 3.92. The highest BCUT2D eigenvalue weighted by Crippen LogP contribution is 2.32. The highest BCUT2D eigenvalue weighted by molar-refractivity contribution is 5.94. The molecule has 6 heteroatoms. The number of carbonyl (C=O) groups excluding carboxylic acids is 1. The van der Waals surface area contributed by atoms with Crippen molar-refractivity contribution >= 4 is 5.91 Å². The summed E-state index contributed by atoms with van der Waals surface area (Å²) in [7, 11) is 0. The van der Waals surface area contributed by atoms with Crippen molar-refractivity contribution in [2.75, 3.05) is 26.4 Å². The normalized spacial score (nSPS) is 19.1. The van der Waals surface area contributed by atoms with Gasteiger partial charge in [0.15, 0.2) is 11.5 Å². The van der Waals surface area contributed by atoms with Gasteiger partial charge in [0.2, 0.25) is 6.79 Å². The molecular weight excluding hydrogens is 318 g/mol. The average Bonchev–Trinajstić information content (AvgIpc) is 3.29. The first-order valence-electron chi connectivity index (χ1n) is 8.57. The van der Waals surface area contributed by atoms with Gasteiger partial charge in [-0.15, -0.1) is 0 Å². The second-order valence-corrected chi connectivity index (χ2v) is 6.52. The van der Waals surface area contributed by atoms with Crippen LogP contribution in [-0.4, -0.2) is 42.2 Å². The van der Waals surface area contributed by atoms with Crippen LogP contribution in [0.1, 0.15) is 22.3 Å². The van der Waals surface area contributed by atoms with Gasteiger partial charge in [-0.1, -0.05) is 0 Å². The molecule has 2 aliphatic heterocycles. The number of aromatic nitrogens is 1. The summed E-state index contributed by atoms with van der Waals surface area (Å²) in [5, 5.41) is 3.04. The molecule has 0 aliphatic carbocycles. The Balaban J connectivity index is 1.27. The van der Waals surface area contributed by atoms with E-state index in [0.717, 1.165) is 26.1 Å². The second-order valence-electron chi connectivity index (χ2n) is 6.52. The summed E-state index contributed by atoms with van der Waals surface area (Å²) in [4.78, 5) is 18.8. The first kappa shape index (κ1) is 15.9. The zero-order valence-corrected chi connectivity index (χ0v) is 14.0. The van der Waals surface area contributed by atoms with Crippen LogP contribution in [0.15, 0.2) is 42.7 Å². The maximum atomic E-state index is 12.3. The highest BCUT2D eigenvalue weighted by Gasteiger charge is 2.23. The number of hydrogen-bond donors (Lipinski definition) is 1.